The number of aromatic nitrogens is 2. The minimum Gasteiger partial charge on any atom is -0.497 e. The van der Waals surface area contributed by atoms with Crippen LogP contribution < -0.4 is 20.1 Å². The second-order valence-electron chi connectivity index (χ2n) is 5.96. The maximum atomic E-state index is 5.42. The van der Waals surface area contributed by atoms with Gasteiger partial charge in [0.2, 0.25) is 0 Å². The number of hydrogen-bond acceptors (Lipinski definition) is 7. The summed E-state index contributed by atoms with van der Waals surface area (Å²) in [4.78, 5) is 11.0. The topological polar surface area (TPSA) is 71.5 Å². The molecule has 0 aliphatic carbocycles. The predicted molar refractivity (Wildman–Crippen MR) is 101 cm³/mol. The van der Waals surface area contributed by atoms with E-state index in [4.69, 9.17) is 9.47 Å². The molecule has 0 radical (unpaired) electrons. The number of nitrogens with one attached hydrogen (secondary N) is 2. The van der Waals surface area contributed by atoms with Crippen LogP contribution in [0.3, 0.4) is 0 Å². The molecule has 7 heteroatoms. The number of anilines is 3. The molecule has 0 amide bonds. The fraction of sp³-hybridized carbons (Fsp3) is 0.444. The molecular formula is C18H27N5O2. The lowest BCUT2D eigenvalue weighted by Gasteiger charge is -2.14. The van der Waals surface area contributed by atoms with Gasteiger partial charge >= 0.3 is 0 Å². The van der Waals surface area contributed by atoms with Crippen LogP contribution in [-0.2, 0) is 0 Å². The van der Waals surface area contributed by atoms with Gasteiger partial charge in [0.05, 0.1) is 19.9 Å². The summed E-state index contributed by atoms with van der Waals surface area (Å²) >= 11 is 0. The van der Waals surface area contributed by atoms with Crippen LogP contribution in [0.15, 0.2) is 24.3 Å². The van der Waals surface area contributed by atoms with E-state index in [1.165, 1.54) is 0 Å². The molecule has 0 atom stereocenters. The van der Waals surface area contributed by atoms with Crippen molar-refractivity contribution in [2.75, 3.05) is 52.0 Å². The van der Waals surface area contributed by atoms with Crippen molar-refractivity contribution in [3.63, 3.8) is 0 Å². The van der Waals surface area contributed by atoms with Crippen molar-refractivity contribution in [1.29, 1.82) is 0 Å². The third-order valence-corrected chi connectivity index (χ3v) is 3.60. The molecule has 7 nitrogen and oxygen atoms in total. The van der Waals surface area contributed by atoms with Crippen molar-refractivity contribution in [2.24, 2.45) is 0 Å². The molecule has 0 saturated heterocycles. The summed E-state index contributed by atoms with van der Waals surface area (Å²) in [7, 11) is 7.39. The average molecular weight is 345 g/mol. The smallest absolute Gasteiger partial charge is 0.146 e. The van der Waals surface area contributed by atoms with Gasteiger partial charge in [-0.1, -0.05) is 0 Å². The normalized spacial score (nSPS) is 10.6. The standard InChI is InChI=1S/C18H27N5O2/c1-13-20-17(19-9-6-10-23(2)3)12-18(21-13)22-15-8-7-14(24-4)11-16(15)25-5/h7-8,11-12H,6,9-10H2,1-5H3,(H2,19,20,21,22). The van der Waals surface area contributed by atoms with E-state index in [1.54, 1.807) is 14.2 Å². The van der Waals surface area contributed by atoms with Crippen LogP contribution in [0, 0.1) is 6.92 Å². The number of ether oxygens (including phenoxy) is 2. The molecule has 0 bridgehead atoms. The molecule has 0 spiro atoms. The summed E-state index contributed by atoms with van der Waals surface area (Å²) in [6.45, 7) is 3.77. The Kier molecular flexibility index (Phi) is 6.82. The highest BCUT2D eigenvalue weighted by Gasteiger charge is 2.08. The SMILES string of the molecule is COc1ccc(Nc2cc(NCCCN(C)C)nc(C)n2)c(OC)c1. The van der Waals surface area contributed by atoms with Crippen LogP contribution >= 0.6 is 0 Å². The minimum atomic E-state index is 0.691. The monoisotopic (exact) mass is 345 g/mol. The highest BCUT2D eigenvalue weighted by Crippen LogP contribution is 2.31. The second kappa shape index (κ2) is 9.08. The van der Waals surface area contributed by atoms with Gasteiger partial charge in [-0.2, -0.15) is 0 Å². The van der Waals surface area contributed by atoms with Crippen LogP contribution in [0.4, 0.5) is 17.3 Å². The fourth-order valence-corrected chi connectivity index (χ4v) is 2.37. The number of rotatable bonds is 9. The molecule has 1 aromatic heterocycles. The lowest BCUT2D eigenvalue weighted by Crippen LogP contribution is -2.16. The van der Waals surface area contributed by atoms with Crippen LogP contribution in [0.1, 0.15) is 12.2 Å². The third kappa shape index (κ3) is 5.79. The van der Waals surface area contributed by atoms with Crippen LogP contribution in [0.5, 0.6) is 11.5 Å². The third-order valence-electron chi connectivity index (χ3n) is 3.60. The summed E-state index contributed by atoms with van der Waals surface area (Å²) in [6.07, 6.45) is 1.05. The van der Waals surface area contributed by atoms with Gasteiger partial charge in [-0.15, -0.1) is 0 Å². The zero-order chi connectivity index (χ0) is 18.2. The van der Waals surface area contributed by atoms with Crippen molar-refractivity contribution >= 4 is 17.3 Å². The molecule has 1 heterocycles. The molecule has 136 valence electrons. The first-order valence-electron chi connectivity index (χ1n) is 8.25. The highest BCUT2D eigenvalue weighted by molar-refractivity contribution is 5.67. The molecular weight excluding hydrogens is 318 g/mol. The number of hydrogen-bond donors (Lipinski definition) is 2. The van der Waals surface area contributed by atoms with Gasteiger partial charge in [-0.25, -0.2) is 9.97 Å². The van der Waals surface area contributed by atoms with E-state index in [-0.39, 0.29) is 0 Å². The first-order valence-corrected chi connectivity index (χ1v) is 8.25. The van der Waals surface area contributed by atoms with Gasteiger partial charge in [0.25, 0.3) is 0 Å². The van der Waals surface area contributed by atoms with Gasteiger partial charge in [0, 0.05) is 18.7 Å². The van der Waals surface area contributed by atoms with E-state index < -0.39 is 0 Å². The van der Waals surface area contributed by atoms with Crippen molar-refractivity contribution < 1.29 is 9.47 Å². The highest BCUT2D eigenvalue weighted by atomic mass is 16.5. The summed E-state index contributed by atoms with van der Waals surface area (Å²) in [5, 5.41) is 6.63. The molecule has 25 heavy (non-hydrogen) atoms. The lowest BCUT2D eigenvalue weighted by atomic mass is 10.2. The Morgan fingerprint density at radius 2 is 1.80 bits per heavy atom. The second-order valence-corrected chi connectivity index (χ2v) is 5.96. The Morgan fingerprint density at radius 1 is 1.04 bits per heavy atom. The zero-order valence-corrected chi connectivity index (χ0v) is 15.6. The number of methoxy groups -OCH3 is 2. The lowest BCUT2D eigenvalue weighted by molar-refractivity contribution is 0.395. The first kappa shape index (κ1) is 18.8. The van der Waals surface area contributed by atoms with Gasteiger partial charge in [-0.05, 0) is 46.1 Å². The molecule has 0 unspecified atom stereocenters. The predicted octanol–water partition coefficient (Wildman–Crippen LogP) is 2.91. The van der Waals surface area contributed by atoms with Crippen molar-refractivity contribution in [1.82, 2.24) is 14.9 Å². The molecule has 0 saturated carbocycles. The Labute approximate surface area is 149 Å². The van der Waals surface area contributed by atoms with E-state index in [2.05, 4.69) is 39.6 Å². The molecule has 2 N–H and O–H groups in total. The van der Waals surface area contributed by atoms with Gasteiger partial charge < -0.3 is 25.0 Å². The average Bonchev–Trinajstić information content (AvgIpc) is 2.58. The number of nitrogens with zero attached hydrogens (tertiary/aromatic N) is 3. The van der Waals surface area contributed by atoms with E-state index in [0.717, 1.165) is 36.8 Å². The molecule has 0 fully saturated rings. The minimum absolute atomic E-state index is 0.691. The number of aryl methyl sites for hydroxylation is 1. The van der Waals surface area contributed by atoms with Gasteiger partial charge in [-0.3, -0.25) is 0 Å². The van der Waals surface area contributed by atoms with E-state index in [1.807, 2.05) is 31.2 Å². The Bertz CT molecular complexity index is 691. The molecule has 2 rings (SSSR count). The van der Waals surface area contributed by atoms with E-state index >= 15 is 0 Å². The molecule has 2 aromatic rings. The Morgan fingerprint density at radius 3 is 2.48 bits per heavy atom. The Hall–Kier alpha value is -2.54. The van der Waals surface area contributed by atoms with Crippen molar-refractivity contribution in [3.05, 3.63) is 30.1 Å². The first-order chi connectivity index (χ1) is 12.0. The largest absolute Gasteiger partial charge is 0.497 e. The van der Waals surface area contributed by atoms with Crippen LogP contribution in [-0.4, -0.2) is 56.3 Å². The summed E-state index contributed by atoms with van der Waals surface area (Å²) in [5.74, 6) is 3.65. The Balaban J connectivity index is 2.09. The van der Waals surface area contributed by atoms with Crippen LogP contribution in [0.25, 0.3) is 0 Å². The maximum absolute atomic E-state index is 5.42. The van der Waals surface area contributed by atoms with Crippen molar-refractivity contribution in [3.8, 4) is 11.5 Å². The summed E-state index contributed by atoms with van der Waals surface area (Å²) in [5.41, 5.74) is 0.819. The van der Waals surface area contributed by atoms with Gasteiger partial charge in [0.1, 0.15) is 29.0 Å². The fourth-order valence-electron chi connectivity index (χ4n) is 2.37. The van der Waals surface area contributed by atoms with Crippen LogP contribution in [0.2, 0.25) is 0 Å². The number of benzene rings is 1. The van der Waals surface area contributed by atoms with Gasteiger partial charge in [0.15, 0.2) is 0 Å². The molecule has 1 aromatic carbocycles. The zero-order valence-electron chi connectivity index (χ0n) is 15.6. The maximum Gasteiger partial charge on any atom is 0.146 e. The molecule has 0 aliphatic rings. The van der Waals surface area contributed by atoms with E-state index in [0.29, 0.717) is 17.4 Å². The van der Waals surface area contributed by atoms with Crippen molar-refractivity contribution in [2.45, 2.75) is 13.3 Å². The van der Waals surface area contributed by atoms with E-state index in [9.17, 15) is 0 Å². The summed E-state index contributed by atoms with van der Waals surface area (Å²) in [6, 6.07) is 7.50. The quantitative estimate of drug-likeness (QED) is 0.677. The summed E-state index contributed by atoms with van der Waals surface area (Å²) < 4.78 is 10.6. The molecule has 0 aliphatic heterocycles.